The molecule has 1 aromatic heterocycles. The third-order valence-corrected chi connectivity index (χ3v) is 7.89. The number of carbonyl (C=O) groups is 2. The van der Waals surface area contributed by atoms with Crippen LogP contribution in [0, 0.1) is 0 Å². The molecule has 0 radical (unpaired) electrons. The molecule has 2 fully saturated rings. The van der Waals surface area contributed by atoms with Crippen molar-refractivity contribution >= 4 is 33.2 Å². The molecule has 0 aliphatic carbocycles. The zero-order valence-corrected chi connectivity index (χ0v) is 19.0. The van der Waals surface area contributed by atoms with Crippen molar-refractivity contribution in [2.75, 3.05) is 26.7 Å². The molecule has 162 valence electrons. The highest BCUT2D eigenvalue weighted by atomic mass is 32.1. The van der Waals surface area contributed by atoms with Gasteiger partial charge in [-0.05, 0) is 69.3 Å². The molecule has 1 unspecified atom stereocenters. The number of benzene rings is 1. The van der Waals surface area contributed by atoms with E-state index in [4.69, 9.17) is 0 Å². The highest BCUT2D eigenvalue weighted by molar-refractivity contribution is 7.21. The number of nitrogens with one attached hydrogen (secondary N) is 1. The number of amides is 2. The van der Waals surface area contributed by atoms with Gasteiger partial charge in [-0.25, -0.2) is 0 Å². The summed E-state index contributed by atoms with van der Waals surface area (Å²) in [5.74, 6) is 0.211. The van der Waals surface area contributed by atoms with Crippen LogP contribution < -0.4 is 5.32 Å². The minimum atomic E-state index is 0.0590. The van der Waals surface area contributed by atoms with Crippen LogP contribution >= 0.6 is 11.3 Å². The molecule has 5 nitrogen and oxygen atoms in total. The molecule has 2 amide bonds. The number of carbonyl (C=O) groups excluding carboxylic acids is 2. The van der Waals surface area contributed by atoms with E-state index in [1.807, 2.05) is 17.0 Å². The first-order chi connectivity index (χ1) is 14.5. The second-order valence-corrected chi connectivity index (χ2v) is 9.93. The maximum absolute atomic E-state index is 13.3. The predicted molar refractivity (Wildman–Crippen MR) is 123 cm³/mol. The molecule has 2 aromatic rings. The first kappa shape index (κ1) is 21.3. The molecule has 30 heavy (non-hydrogen) atoms. The molecule has 6 heteroatoms. The maximum Gasteiger partial charge on any atom is 0.261 e. The van der Waals surface area contributed by atoms with Crippen molar-refractivity contribution in [2.45, 2.75) is 64.0 Å². The Kier molecular flexibility index (Phi) is 6.74. The van der Waals surface area contributed by atoms with Crippen LogP contribution in [0.3, 0.4) is 0 Å². The molecule has 3 heterocycles. The minimum absolute atomic E-state index is 0.0590. The van der Waals surface area contributed by atoms with Crippen LogP contribution in [0.2, 0.25) is 0 Å². The Balaban J connectivity index is 1.61. The predicted octanol–water partition coefficient (Wildman–Crippen LogP) is 4.06. The van der Waals surface area contributed by atoms with Crippen LogP contribution in [0.15, 0.2) is 24.3 Å². The van der Waals surface area contributed by atoms with Gasteiger partial charge in [0.2, 0.25) is 5.91 Å². The minimum Gasteiger partial charge on any atom is -0.349 e. The fourth-order valence-corrected chi connectivity index (χ4v) is 6.06. The molecular weight excluding hydrogens is 394 g/mol. The van der Waals surface area contributed by atoms with E-state index in [2.05, 4.69) is 29.4 Å². The lowest BCUT2D eigenvalue weighted by Crippen LogP contribution is -2.43. The number of hydrogen-bond donors (Lipinski definition) is 1. The summed E-state index contributed by atoms with van der Waals surface area (Å²) in [7, 11) is 2.13. The highest BCUT2D eigenvalue weighted by Gasteiger charge is 2.28. The topological polar surface area (TPSA) is 52.7 Å². The Hall–Kier alpha value is -1.92. The van der Waals surface area contributed by atoms with E-state index < -0.39 is 0 Å². The third kappa shape index (κ3) is 4.70. The summed E-state index contributed by atoms with van der Waals surface area (Å²) in [6.07, 6.45) is 7.18. The Bertz CT molecular complexity index is 901. The van der Waals surface area contributed by atoms with Gasteiger partial charge in [-0.3, -0.25) is 9.59 Å². The van der Waals surface area contributed by atoms with E-state index in [0.29, 0.717) is 0 Å². The lowest BCUT2D eigenvalue weighted by Gasteiger charge is -2.30. The number of rotatable bonds is 4. The van der Waals surface area contributed by atoms with Gasteiger partial charge in [-0.1, -0.05) is 31.0 Å². The molecule has 2 aliphatic rings. The van der Waals surface area contributed by atoms with Crippen LogP contribution in [0.4, 0.5) is 0 Å². The van der Waals surface area contributed by atoms with E-state index in [1.54, 1.807) is 18.3 Å². The van der Waals surface area contributed by atoms with E-state index in [1.165, 1.54) is 11.8 Å². The van der Waals surface area contributed by atoms with Gasteiger partial charge in [0.05, 0.1) is 4.88 Å². The first-order valence-electron chi connectivity index (χ1n) is 11.3. The quantitative estimate of drug-likeness (QED) is 0.801. The molecule has 2 aliphatic heterocycles. The molecule has 1 aromatic carbocycles. The molecular formula is C24H33N3O2S. The van der Waals surface area contributed by atoms with Crippen molar-refractivity contribution in [3.8, 4) is 0 Å². The van der Waals surface area contributed by atoms with E-state index in [9.17, 15) is 9.59 Å². The molecule has 0 bridgehead atoms. The summed E-state index contributed by atoms with van der Waals surface area (Å²) in [6.45, 7) is 4.57. The largest absolute Gasteiger partial charge is 0.349 e. The van der Waals surface area contributed by atoms with Gasteiger partial charge in [-0.15, -0.1) is 11.3 Å². The molecule has 0 saturated carbocycles. The molecule has 2 saturated heterocycles. The smallest absolute Gasteiger partial charge is 0.261 e. The number of fused-ring (bicyclic) bond motifs is 1. The van der Waals surface area contributed by atoms with Gasteiger partial charge in [0, 0.05) is 30.3 Å². The maximum atomic E-state index is 13.3. The summed E-state index contributed by atoms with van der Waals surface area (Å²) in [6, 6.07) is 8.74. The number of likely N-dealkylation sites (tertiary alicyclic amines) is 2. The molecule has 1 atom stereocenters. The Labute approximate surface area is 183 Å². The zero-order chi connectivity index (χ0) is 21.1. The molecule has 1 N–H and O–H groups in total. The van der Waals surface area contributed by atoms with Crippen molar-refractivity contribution in [2.24, 2.45) is 0 Å². The first-order valence-corrected chi connectivity index (χ1v) is 12.1. The average Bonchev–Trinajstić information content (AvgIpc) is 2.93. The summed E-state index contributed by atoms with van der Waals surface area (Å²) in [5.41, 5.74) is 1.12. The third-order valence-electron chi connectivity index (χ3n) is 6.68. The SMILES string of the molecule is CC(=O)N1CCCCCC1Cc1c(C(=O)NC2CCN(C)CC2)sc2ccccc12. The second kappa shape index (κ2) is 9.48. The fourth-order valence-electron chi connectivity index (χ4n) is 4.93. The molecule has 4 rings (SSSR count). The Morgan fingerprint density at radius 2 is 1.83 bits per heavy atom. The van der Waals surface area contributed by atoms with Gasteiger partial charge in [0.25, 0.3) is 5.91 Å². The van der Waals surface area contributed by atoms with Gasteiger partial charge in [0.1, 0.15) is 0 Å². The molecule has 0 spiro atoms. The van der Waals surface area contributed by atoms with Crippen LogP contribution in [0.5, 0.6) is 0 Å². The highest BCUT2D eigenvalue weighted by Crippen LogP contribution is 2.34. The number of thiophene rings is 1. The monoisotopic (exact) mass is 427 g/mol. The fraction of sp³-hybridized carbons (Fsp3) is 0.583. The van der Waals surface area contributed by atoms with Crippen LogP contribution in [-0.2, 0) is 11.2 Å². The van der Waals surface area contributed by atoms with E-state index >= 15 is 0 Å². The van der Waals surface area contributed by atoms with E-state index in [-0.39, 0.29) is 23.9 Å². The van der Waals surface area contributed by atoms with Crippen molar-refractivity contribution in [3.63, 3.8) is 0 Å². The van der Waals surface area contributed by atoms with E-state index in [0.717, 1.165) is 73.3 Å². The summed E-state index contributed by atoms with van der Waals surface area (Å²) < 4.78 is 1.16. The number of nitrogens with zero attached hydrogens (tertiary/aromatic N) is 2. The number of hydrogen-bond acceptors (Lipinski definition) is 4. The standard InChI is InChI=1S/C24H33N3O2S/c1-17(28)27-13-7-3-4-8-19(27)16-21-20-9-5-6-10-22(20)30-23(21)24(29)25-18-11-14-26(2)15-12-18/h5-6,9-10,18-19H,3-4,7-8,11-16H2,1-2H3,(H,25,29). The second-order valence-electron chi connectivity index (χ2n) is 8.88. The summed E-state index contributed by atoms with van der Waals surface area (Å²) in [5, 5.41) is 4.48. The van der Waals surface area contributed by atoms with Crippen molar-refractivity contribution in [3.05, 3.63) is 34.7 Å². The summed E-state index contributed by atoms with van der Waals surface area (Å²) in [4.78, 5) is 30.8. The van der Waals surface area contributed by atoms with Crippen molar-refractivity contribution in [1.29, 1.82) is 0 Å². The average molecular weight is 428 g/mol. The summed E-state index contributed by atoms with van der Waals surface area (Å²) >= 11 is 1.60. The van der Waals surface area contributed by atoms with Crippen LogP contribution in [0.25, 0.3) is 10.1 Å². The Morgan fingerprint density at radius 3 is 2.60 bits per heavy atom. The van der Waals surface area contributed by atoms with Crippen molar-refractivity contribution < 1.29 is 9.59 Å². The van der Waals surface area contributed by atoms with Gasteiger partial charge < -0.3 is 15.1 Å². The normalized spacial score (nSPS) is 21.5. The van der Waals surface area contributed by atoms with Gasteiger partial charge in [0.15, 0.2) is 0 Å². The Morgan fingerprint density at radius 1 is 1.07 bits per heavy atom. The van der Waals surface area contributed by atoms with Gasteiger partial charge in [-0.2, -0.15) is 0 Å². The van der Waals surface area contributed by atoms with Crippen LogP contribution in [0.1, 0.15) is 60.7 Å². The lowest BCUT2D eigenvalue weighted by molar-refractivity contribution is -0.131. The lowest BCUT2D eigenvalue weighted by atomic mass is 9.97. The van der Waals surface area contributed by atoms with Crippen molar-refractivity contribution in [1.82, 2.24) is 15.1 Å². The van der Waals surface area contributed by atoms with Gasteiger partial charge >= 0.3 is 0 Å². The van der Waals surface area contributed by atoms with Crippen LogP contribution in [-0.4, -0.2) is 60.4 Å². The zero-order valence-electron chi connectivity index (χ0n) is 18.2. The number of piperidine rings is 1.